The largest absolute Gasteiger partial charge is 0.353 e. The molecule has 1 heterocycles. The summed E-state index contributed by atoms with van der Waals surface area (Å²) in [6, 6.07) is 0. The molecule has 72 valence electrons. The van der Waals surface area contributed by atoms with E-state index in [9.17, 15) is 0 Å². The van der Waals surface area contributed by atoms with Crippen LogP contribution in [-0.2, 0) is 9.47 Å². The second-order valence-corrected chi connectivity index (χ2v) is 3.85. The first kappa shape index (κ1) is 10.0. The maximum atomic E-state index is 5.59. The second kappa shape index (κ2) is 4.24. The summed E-state index contributed by atoms with van der Waals surface area (Å²) < 4.78 is 11.1. The van der Waals surface area contributed by atoms with Crippen molar-refractivity contribution in [2.24, 2.45) is 17.8 Å². The maximum absolute atomic E-state index is 5.59. The van der Waals surface area contributed by atoms with E-state index in [4.69, 9.17) is 9.47 Å². The van der Waals surface area contributed by atoms with Crippen molar-refractivity contribution in [3.05, 3.63) is 0 Å². The third kappa shape index (κ3) is 1.99. The Morgan fingerprint density at radius 1 is 1.25 bits per heavy atom. The Kier molecular flexibility index (Phi) is 3.53. The van der Waals surface area contributed by atoms with Crippen molar-refractivity contribution in [2.45, 2.75) is 34.0 Å². The predicted molar refractivity (Wildman–Crippen MR) is 48.9 cm³/mol. The quantitative estimate of drug-likeness (QED) is 0.636. The van der Waals surface area contributed by atoms with Gasteiger partial charge in [-0.25, -0.2) is 0 Å². The molecule has 0 spiro atoms. The van der Waals surface area contributed by atoms with E-state index in [1.807, 2.05) is 6.92 Å². The third-order valence-electron chi connectivity index (χ3n) is 3.01. The van der Waals surface area contributed by atoms with E-state index in [2.05, 4.69) is 20.8 Å². The second-order valence-electron chi connectivity index (χ2n) is 3.85. The van der Waals surface area contributed by atoms with Gasteiger partial charge >= 0.3 is 0 Å². The van der Waals surface area contributed by atoms with Crippen LogP contribution in [-0.4, -0.2) is 19.5 Å². The minimum atomic E-state index is 0.0289. The number of ether oxygens (including phenoxy) is 2. The Balaban J connectivity index is 2.46. The van der Waals surface area contributed by atoms with Crippen molar-refractivity contribution in [2.75, 3.05) is 13.2 Å². The lowest BCUT2D eigenvalue weighted by molar-refractivity contribution is -0.213. The summed E-state index contributed by atoms with van der Waals surface area (Å²) >= 11 is 0. The van der Waals surface area contributed by atoms with Crippen molar-refractivity contribution in [1.82, 2.24) is 0 Å². The highest BCUT2D eigenvalue weighted by Gasteiger charge is 2.32. The smallest absolute Gasteiger partial charge is 0.160 e. The van der Waals surface area contributed by atoms with E-state index in [-0.39, 0.29) is 6.29 Å². The van der Waals surface area contributed by atoms with Gasteiger partial charge in [0.15, 0.2) is 6.29 Å². The fourth-order valence-corrected chi connectivity index (χ4v) is 1.68. The molecular formula is C10H20O2. The maximum Gasteiger partial charge on any atom is 0.160 e. The van der Waals surface area contributed by atoms with E-state index in [0.717, 1.165) is 13.2 Å². The minimum absolute atomic E-state index is 0.0289. The molecule has 1 saturated heterocycles. The average Bonchev–Trinajstić information content (AvgIpc) is 2.07. The number of hydrogen-bond acceptors (Lipinski definition) is 2. The van der Waals surface area contributed by atoms with Crippen LogP contribution >= 0.6 is 0 Å². The van der Waals surface area contributed by atoms with E-state index in [1.165, 1.54) is 0 Å². The molecule has 4 atom stereocenters. The molecule has 0 N–H and O–H groups in total. The minimum Gasteiger partial charge on any atom is -0.353 e. The van der Waals surface area contributed by atoms with Crippen LogP contribution < -0.4 is 0 Å². The van der Waals surface area contributed by atoms with Gasteiger partial charge < -0.3 is 9.47 Å². The fourth-order valence-electron chi connectivity index (χ4n) is 1.68. The van der Waals surface area contributed by atoms with Gasteiger partial charge in [0.25, 0.3) is 0 Å². The molecule has 4 unspecified atom stereocenters. The highest BCUT2D eigenvalue weighted by Crippen LogP contribution is 2.30. The first-order valence-corrected chi connectivity index (χ1v) is 4.90. The Morgan fingerprint density at radius 2 is 1.92 bits per heavy atom. The topological polar surface area (TPSA) is 18.5 Å². The van der Waals surface area contributed by atoms with Gasteiger partial charge in [-0.2, -0.15) is 0 Å². The van der Waals surface area contributed by atoms with Gasteiger partial charge in [-0.15, -0.1) is 0 Å². The molecule has 0 saturated carbocycles. The predicted octanol–water partition coefficient (Wildman–Crippen LogP) is 2.29. The fraction of sp³-hybridized carbons (Fsp3) is 1.00. The molecule has 0 amide bonds. The average molecular weight is 172 g/mol. The first-order chi connectivity index (χ1) is 5.66. The zero-order valence-electron chi connectivity index (χ0n) is 8.54. The van der Waals surface area contributed by atoms with Crippen molar-refractivity contribution in [3.8, 4) is 0 Å². The van der Waals surface area contributed by atoms with Gasteiger partial charge in [0.1, 0.15) is 0 Å². The molecule has 1 rings (SSSR count). The summed E-state index contributed by atoms with van der Waals surface area (Å²) in [5.41, 5.74) is 0. The molecule has 1 aliphatic rings. The van der Waals surface area contributed by atoms with Gasteiger partial charge in [0, 0.05) is 12.5 Å². The van der Waals surface area contributed by atoms with Gasteiger partial charge in [-0.1, -0.05) is 20.8 Å². The molecule has 12 heavy (non-hydrogen) atoms. The number of rotatable bonds is 2. The Morgan fingerprint density at radius 3 is 2.50 bits per heavy atom. The Hall–Kier alpha value is -0.0800. The SMILES string of the molecule is CCOC1OCC(C)C(C)C1C. The van der Waals surface area contributed by atoms with Gasteiger partial charge in [-0.05, 0) is 18.8 Å². The highest BCUT2D eigenvalue weighted by atomic mass is 16.7. The zero-order chi connectivity index (χ0) is 9.14. The standard InChI is InChI=1S/C10H20O2/c1-5-11-10-9(4)8(3)7(2)6-12-10/h7-10H,5-6H2,1-4H3. The molecular weight excluding hydrogens is 152 g/mol. The van der Waals surface area contributed by atoms with Crippen LogP contribution in [0.25, 0.3) is 0 Å². The summed E-state index contributed by atoms with van der Waals surface area (Å²) in [7, 11) is 0. The summed E-state index contributed by atoms with van der Waals surface area (Å²) in [4.78, 5) is 0. The van der Waals surface area contributed by atoms with E-state index >= 15 is 0 Å². The normalized spacial score (nSPS) is 43.0. The first-order valence-electron chi connectivity index (χ1n) is 4.90. The van der Waals surface area contributed by atoms with Gasteiger partial charge in [-0.3, -0.25) is 0 Å². The lowest BCUT2D eigenvalue weighted by Gasteiger charge is -2.37. The molecule has 0 aliphatic carbocycles. The van der Waals surface area contributed by atoms with Gasteiger partial charge in [0.05, 0.1) is 6.61 Å². The van der Waals surface area contributed by atoms with Crippen molar-refractivity contribution < 1.29 is 9.47 Å². The van der Waals surface area contributed by atoms with Crippen LogP contribution in [0.4, 0.5) is 0 Å². The molecule has 2 nitrogen and oxygen atoms in total. The zero-order valence-corrected chi connectivity index (χ0v) is 8.54. The summed E-state index contributed by atoms with van der Waals surface area (Å²) in [6.07, 6.45) is 0.0289. The summed E-state index contributed by atoms with van der Waals surface area (Å²) in [5, 5.41) is 0. The molecule has 1 aliphatic heterocycles. The highest BCUT2D eigenvalue weighted by molar-refractivity contribution is 4.75. The third-order valence-corrected chi connectivity index (χ3v) is 3.01. The Bertz CT molecular complexity index is 136. The van der Waals surface area contributed by atoms with Crippen molar-refractivity contribution >= 4 is 0 Å². The molecule has 0 aromatic carbocycles. The van der Waals surface area contributed by atoms with E-state index in [1.54, 1.807) is 0 Å². The molecule has 2 heteroatoms. The molecule has 0 aromatic rings. The van der Waals surface area contributed by atoms with Crippen LogP contribution in [0.1, 0.15) is 27.7 Å². The van der Waals surface area contributed by atoms with E-state index < -0.39 is 0 Å². The lowest BCUT2D eigenvalue weighted by Crippen LogP contribution is -2.40. The summed E-state index contributed by atoms with van der Waals surface area (Å²) in [6.45, 7) is 10.3. The number of hydrogen-bond donors (Lipinski definition) is 0. The molecule has 1 fully saturated rings. The monoisotopic (exact) mass is 172 g/mol. The van der Waals surface area contributed by atoms with Gasteiger partial charge in [0.2, 0.25) is 0 Å². The van der Waals surface area contributed by atoms with Crippen LogP contribution in [0.5, 0.6) is 0 Å². The summed E-state index contributed by atoms with van der Waals surface area (Å²) in [5.74, 6) is 1.89. The van der Waals surface area contributed by atoms with Crippen molar-refractivity contribution in [3.63, 3.8) is 0 Å². The molecule has 0 aromatic heterocycles. The van der Waals surface area contributed by atoms with Crippen LogP contribution in [0, 0.1) is 17.8 Å². The van der Waals surface area contributed by atoms with Crippen LogP contribution in [0.2, 0.25) is 0 Å². The van der Waals surface area contributed by atoms with Crippen molar-refractivity contribution in [1.29, 1.82) is 0 Å². The van der Waals surface area contributed by atoms with Crippen LogP contribution in [0.15, 0.2) is 0 Å². The lowest BCUT2D eigenvalue weighted by atomic mass is 9.83. The van der Waals surface area contributed by atoms with E-state index in [0.29, 0.717) is 17.8 Å². The molecule has 0 radical (unpaired) electrons. The Labute approximate surface area is 75.2 Å². The van der Waals surface area contributed by atoms with Crippen LogP contribution in [0.3, 0.4) is 0 Å². The molecule has 0 bridgehead atoms.